The van der Waals surface area contributed by atoms with Gasteiger partial charge in [-0.05, 0) is 18.8 Å². The molecule has 48 valence electrons. The van der Waals surface area contributed by atoms with Crippen LogP contribution in [0, 0.1) is 5.92 Å². The minimum absolute atomic E-state index is 0.750. The Balaban J connectivity index is 2.06. The lowest BCUT2D eigenvalue weighted by Gasteiger charge is -2.03. The van der Waals surface area contributed by atoms with Gasteiger partial charge in [-0.15, -0.1) is 0 Å². The highest BCUT2D eigenvalue weighted by Crippen LogP contribution is 2.23. The lowest BCUT2D eigenvalue weighted by molar-refractivity contribution is 0.149. The van der Waals surface area contributed by atoms with Crippen LogP contribution in [0.1, 0.15) is 25.7 Å². The Morgan fingerprint density at radius 2 is 2.00 bits per heavy atom. The summed E-state index contributed by atoms with van der Waals surface area (Å²) in [6.45, 7) is 0.792. The Hall–Kier alpha value is -0.0800. The summed E-state index contributed by atoms with van der Waals surface area (Å²) in [4.78, 5) is 0. The van der Waals surface area contributed by atoms with E-state index in [1.165, 1.54) is 25.7 Å². The summed E-state index contributed by atoms with van der Waals surface area (Å²) in [6.07, 6.45) is 5.31. The zero-order valence-corrected chi connectivity index (χ0v) is 5.06. The molecule has 1 rings (SSSR count). The van der Waals surface area contributed by atoms with E-state index in [4.69, 9.17) is 5.21 Å². The summed E-state index contributed by atoms with van der Waals surface area (Å²) in [5, 5.41) is 8.28. The molecule has 0 heterocycles. The summed E-state index contributed by atoms with van der Waals surface area (Å²) in [6, 6.07) is 0. The first-order valence-corrected chi connectivity index (χ1v) is 3.30. The van der Waals surface area contributed by atoms with Gasteiger partial charge in [0.2, 0.25) is 0 Å². The molecule has 1 aliphatic rings. The number of hydrogen-bond donors (Lipinski definition) is 2. The maximum absolute atomic E-state index is 8.28. The summed E-state index contributed by atoms with van der Waals surface area (Å²) >= 11 is 0. The molecule has 0 bridgehead atoms. The van der Waals surface area contributed by atoms with E-state index in [9.17, 15) is 0 Å². The first-order chi connectivity index (χ1) is 3.93. The molecule has 0 saturated heterocycles. The molecule has 1 aliphatic carbocycles. The Labute approximate surface area is 49.9 Å². The van der Waals surface area contributed by atoms with Crippen molar-refractivity contribution in [3.05, 3.63) is 0 Å². The lowest BCUT2D eigenvalue weighted by atomic mass is 10.1. The van der Waals surface area contributed by atoms with Crippen molar-refractivity contribution in [1.29, 1.82) is 0 Å². The first-order valence-electron chi connectivity index (χ1n) is 3.30. The molecule has 0 aliphatic heterocycles. The maximum atomic E-state index is 8.28. The predicted octanol–water partition coefficient (Wildman–Crippen LogP) is 1.16. The van der Waals surface area contributed by atoms with Gasteiger partial charge >= 0.3 is 0 Å². The van der Waals surface area contributed by atoms with Crippen molar-refractivity contribution in [2.75, 3.05) is 6.54 Å². The number of hydrogen-bond acceptors (Lipinski definition) is 2. The van der Waals surface area contributed by atoms with E-state index in [1.54, 1.807) is 0 Å². The molecule has 0 unspecified atom stereocenters. The Kier molecular flexibility index (Phi) is 2.30. The Morgan fingerprint density at radius 3 is 2.50 bits per heavy atom. The van der Waals surface area contributed by atoms with Gasteiger partial charge in [-0.25, -0.2) is 5.48 Å². The van der Waals surface area contributed by atoms with Crippen LogP contribution in [-0.2, 0) is 0 Å². The van der Waals surface area contributed by atoms with Crippen LogP contribution in [0.3, 0.4) is 0 Å². The largest absolute Gasteiger partial charge is 0.317 e. The molecule has 0 amide bonds. The molecule has 0 aromatic heterocycles. The van der Waals surface area contributed by atoms with Crippen LogP contribution in [0.5, 0.6) is 0 Å². The summed E-state index contributed by atoms with van der Waals surface area (Å²) in [7, 11) is 0. The number of nitrogens with one attached hydrogen (secondary N) is 1. The van der Waals surface area contributed by atoms with Crippen LogP contribution in [0.25, 0.3) is 0 Å². The van der Waals surface area contributed by atoms with E-state index >= 15 is 0 Å². The number of hydroxylamine groups is 1. The van der Waals surface area contributed by atoms with Crippen LogP contribution < -0.4 is 5.48 Å². The molecule has 0 atom stereocenters. The van der Waals surface area contributed by atoms with Gasteiger partial charge in [-0.2, -0.15) is 0 Å². The van der Waals surface area contributed by atoms with Crippen molar-refractivity contribution in [3.63, 3.8) is 0 Å². The van der Waals surface area contributed by atoms with E-state index in [2.05, 4.69) is 5.48 Å². The molecule has 8 heavy (non-hydrogen) atoms. The smallest absolute Gasteiger partial charge is 0.0235 e. The van der Waals surface area contributed by atoms with Crippen molar-refractivity contribution in [2.24, 2.45) is 5.92 Å². The fourth-order valence-electron chi connectivity index (χ4n) is 1.34. The normalized spacial score (nSPS) is 22.1. The van der Waals surface area contributed by atoms with E-state index in [0.717, 1.165) is 12.5 Å². The van der Waals surface area contributed by atoms with Crippen molar-refractivity contribution in [1.82, 2.24) is 5.48 Å². The van der Waals surface area contributed by atoms with Gasteiger partial charge in [0, 0.05) is 6.54 Å². The molecule has 2 N–H and O–H groups in total. The molecule has 2 heteroatoms. The van der Waals surface area contributed by atoms with Crippen molar-refractivity contribution < 1.29 is 5.21 Å². The van der Waals surface area contributed by atoms with Crippen molar-refractivity contribution in [2.45, 2.75) is 25.7 Å². The molecule has 0 aromatic rings. The summed E-state index contributed by atoms with van der Waals surface area (Å²) < 4.78 is 0. The second-order valence-corrected chi connectivity index (χ2v) is 2.51. The van der Waals surface area contributed by atoms with E-state index in [-0.39, 0.29) is 0 Å². The van der Waals surface area contributed by atoms with Crippen LogP contribution in [0.15, 0.2) is 0 Å². The quantitative estimate of drug-likeness (QED) is 0.529. The van der Waals surface area contributed by atoms with Crippen molar-refractivity contribution in [3.8, 4) is 0 Å². The van der Waals surface area contributed by atoms with Crippen LogP contribution in [0.4, 0.5) is 0 Å². The van der Waals surface area contributed by atoms with Gasteiger partial charge in [0.15, 0.2) is 0 Å². The SMILES string of the molecule is ONCC1CCCC1. The molecule has 0 spiro atoms. The topological polar surface area (TPSA) is 32.3 Å². The molecular formula is C6H13NO. The molecule has 1 saturated carbocycles. The highest BCUT2D eigenvalue weighted by atomic mass is 16.5. The molecule has 2 nitrogen and oxygen atoms in total. The second-order valence-electron chi connectivity index (χ2n) is 2.51. The van der Waals surface area contributed by atoms with Gasteiger partial charge in [0.05, 0.1) is 0 Å². The minimum Gasteiger partial charge on any atom is -0.317 e. The molecule has 0 radical (unpaired) electrons. The van der Waals surface area contributed by atoms with Crippen LogP contribution >= 0.6 is 0 Å². The Morgan fingerprint density at radius 1 is 1.38 bits per heavy atom. The third kappa shape index (κ3) is 1.46. The third-order valence-electron chi connectivity index (χ3n) is 1.85. The lowest BCUT2D eigenvalue weighted by Crippen LogP contribution is -2.16. The predicted molar refractivity (Wildman–Crippen MR) is 31.7 cm³/mol. The molecular weight excluding hydrogens is 102 g/mol. The van der Waals surface area contributed by atoms with Crippen LogP contribution in [-0.4, -0.2) is 11.8 Å². The third-order valence-corrected chi connectivity index (χ3v) is 1.85. The monoisotopic (exact) mass is 115 g/mol. The zero-order valence-electron chi connectivity index (χ0n) is 5.06. The van der Waals surface area contributed by atoms with Gasteiger partial charge in [0.25, 0.3) is 0 Å². The highest BCUT2D eigenvalue weighted by molar-refractivity contribution is 4.67. The van der Waals surface area contributed by atoms with Gasteiger partial charge in [-0.3, -0.25) is 0 Å². The van der Waals surface area contributed by atoms with E-state index < -0.39 is 0 Å². The van der Waals surface area contributed by atoms with Crippen molar-refractivity contribution >= 4 is 0 Å². The van der Waals surface area contributed by atoms with Crippen LogP contribution in [0.2, 0.25) is 0 Å². The van der Waals surface area contributed by atoms with E-state index in [0.29, 0.717) is 0 Å². The average molecular weight is 115 g/mol. The fraction of sp³-hybridized carbons (Fsp3) is 1.00. The Bertz CT molecular complexity index is 59.5. The first kappa shape index (κ1) is 6.05. The van der Waals surface area contributed by atoms with Gasteiger partial charge < -0.3 is 5.21 Å². The average Bonchev–Trinajstić information content (AvgIpc) is 2.19. The number of rotatable bonds is 2. The fourth-order valence-corrected chi connectivity index (χ4v) is 1.34. The second kappa shape index (κ2) is 3.05. The van der Waals surface area contributed by atoms with Gasteiger partial charge in [-0.1, -0.05) is 12.8 Å². The highest BCUT2D eigenvalue weighted by Gasteiger charge is 2.13. The minimum atomic E-state index is 0.750. The van der Waals surface area contributed by atoms with Gasteiger partial charge in [0.1, 0.15) is 0 Å². The molecule has 1 fully saturated rings. The standard InChI is InChI=1S/C6H13NO/c8-7-5-6-3-1-2-4-6/h6-8H,1-5H2. The summed E-state index contributed by atoms with van der Waals surface area (Å²) in [5.41, 5.74) is 2.21. The molecule has 0 aromatic carbocycles. The maximum Gasteiger partial charge on any atom is 0.0235 e. The zero-order chi connectivity index (χ0) is 5.82. The van der Waals surface area contributed by atoms with E-state index in [1.807, 2.05) is 0 Å². The summed E-state index contributed by atoms with van der Waals surface area (Å²) in [5.74, 6) is 0.750.